The Morgan fingerprint density at radius 3 is 2.10 bits per heavy atom. The van der Waals surface area contributed by atoms with E-state index in [4.69, 9.17) is 4.74 Å². The molecule has 2 aromatic carbocycles. The van der Waals surface area contributed by atoms with E-state index < -0.39 is 18.4 Å². The Hall–Kier alpha value is -3.48. The molecule has 0 atom stereocenters. The number of Topliss-reactive ketones (excluding diaryl/α,β-unsaturated/α-hetero) is 1. The molecule has 0 unspecified atom stereocenters. The van der Waals surface area contributed by atoms with Gasteiger partial charge in [0.05, 0.1) is 5.69 Å². The summed E-state index contributed by atoms with van der Waals surface area (Å²) in [4.78, 5) is 47.2. The minimum absolute atomic E-state index is 0.165. The predicted octanol–water partition coefficient (Wildman–Crippen LogP) is 3.52. The number of ketones is 1. The molecule has 0 aromatic heterocycles. The van der Waals surface area contributed by atoms with Crippen molar-refractivity contribution in [1.29, 1.82) is 0 Å². The summed E-state index contributed by atoms with van der Waals surface area (Å²) >= 11 is 0. The van der Waals surface area contributed by atoms with Crippen molar-refractivity contribution in [2.45, 2.75) is 40.0 Å². The molecule has 2 aromatic rings. The first-order chi connectivity index (χ1) is 14.3. The number of hydrogen-bond acceptors (Lipinski definition) is 5. The maximum absolute atomic E-state index is 12.5. The fourth-order valence-corrected chi connectivity index (χ4v) is 2.85. The summed E-state index contributed by atoms with van der Waals surface area (Å²) in [5, 5.41) is 5.15. The first-order valence-electron chi connectivity index (χ1n) is 9.74. The Labute approximate surface area is 175 Å². The highest BCUT2D eigenvalue weighted by molar-refractivity contribution is 6.06. The van der Waals surface area contributed by atoms with Gasteiger partial charge in [0.15, 0.2) is 6.61 Å². The van der Waals surface area contributed by atoms with Crippen molar-refractivity contribution in [3.05, 3.63) is 59.2 Å². The molecule has 0 aliphatic heterocycles. The van der Waals surface area contributed by atoms with Gasteiger partial charge in [0.1, 0.15) is 0 Å². The molecule has 2 amide bonds. The van der Waals surface area contributed by atoms with E-state index in [2.05, 4.69) is 17.6 Å². The lowest BCUT2D eigenvalue weighted by molar-refractivity contribution is -0.142. The highest BCUT2D eigenvalue weighted by Crippen LogP contribution is 2.22. The molecule has 2 rings (SSSR count). The highest BCUT2D eigenvalue weighted by atomic mass is 16.5. The van der Waals surface area contributed by atoms with Gasteiger partial charge in [0.25, 0.3) is 0 Å². The summed E-state index contributed by atoms with van der Waals surface area (Å²) in [5.74, 6) is -1.57. The monoisotopic (exact) mass is 410 g/mol. The van der Waals surface area contributed by atoms with Crippen molar-refractivity contribution >= 4 is 34.9 Å². The van der Waals surface area contributed by atoms with Crippen molar-refractivity contribution in [3.63, 3.8) is 0 Å². The average molecular weight is 410 g/mol. The Balaban J connectivity index is 1.95. The van der Waals surface area contributed by atoms with Crippen LogP contribution in [0.4, 0.5) is 11.4 Å². The van der Waals surface area contributed by atoms with E-state index in [1.807, 2.05) is 24.3 Å². The smallest absolute Gasteiger partial charge is 0.306 e. The molecule has 0 fully saturated rings. The maximum Gasteiger partial charge on any atom is 0.306 e. The average Bonchev–Trinajstić information content (AvgIpc) is 2.70. The van der Waals surface area contributed by atoms with Crippen LogP contribution in [-0.2, 0) is 32.0 Å². The lowest BCUT2D eigenvalue weighted by Gasteiger charge is -2.12. The number of ether oxygens (including phenoxy) is 1. The molecule has 0 saturated heterocycles. The van der Waals surface area contributed by atoms with Crippen LogP contribution in [0.1, 0.15) is 48.7 Å². The van der Waals surface area contributed by atoms with Gasteiger partial charge >= 0.3 is 5.97 Å². The van der Waals surface area contributed by atoms with Gasteiger partial charge in [-0.3, -0.25) is 19.2 Å². The Kier molecular flexibility index (Phi) is 8.29. The summed E-state index contributed by atoms with van der Waals surface area (Å²) in [5.41, 5.74) is 3.13. The van der Waals surface area contributed by atoms with Crippen molar-refractivity contribution in [3.8, 4) is 0 Å². The number of rotatable bonds is 9. The van der Waals surface area contributed by atoms with E-state index in [-0.39, 0.29) is 29.5 Å². The lowest BCUT2D eigenvalue weighted by atomic mass is 10.1. The summed E-state index contributed by atoms with van der Waals surface area (Å²) in [6.45, 7) is 4.31. The summed E-state index contributed by atoms with van der Waals surface area (Å²) in [7, 11) is 0. The number of carbonyl (C=O) groups excluding carboxylic acids is 4. The number of anilines is 2. The number of carbonyl (C=O) groups is 4. The molecule has 0 aliphatic carbocycles. The van der Waals surface area contributed by atoms with Crippen molar-refractivity contribution in [2.75, 3.05) is 17.2 Å². The van der Waals surface area contributed by atoms with E-state index >= 15 is 0 Å². The van der Waals surface area contributed by atoms with Gasteiger partial charge in [-0.15, -0.1) is 0 Å². The number of benzene rings is 2. The molecule has 0 spiro atoms. The lowest BCUT2D eigenvalue weighted by Crippen LogP contribution is -2.18. The van der Waals surface area contributed by atoms with Gasteiger partial charge in [-0.05, 0) is 42.2 Å². The summed E-state index contributed by atoms with van der Waals surface area (Å²) < 4.78 is 5.11. The minimum Gasteiger partial charge on any atom is -0.457 e. The van der Waals surface area contributed by atoms with Crippen LogP contribution in [0, 0.1) is 0 Å². The molecule has 0 aliphatic rings. The Morgan fingerprint density at radius 1 is 0.867 bits per heavy atom. The zero-order valence-corrected chi connectivity index (χ0v) is 17.4. The molecular formula is C23H26N2O5. The van der Waals surface area contributed by atoms with Gasteiger partial charge in [0, 0.05) is 31.5 Å². The molecular weight excluding hydrogens is 384 g/mol. The second-order valence-electron chi connectivity index (χ2n) is 6.88. The topological polar surface area (TPSA) is 102 Å². The minimum atomic E-state index is -0.473. The molecule has 2 N–H and O–H groups in total. The third kappa shape index (κ3) is 7.16. The first-order valence-corrected chi connectivity index (χ1v) is 9.74. The van der Waals surface area contributed by atoms with Crippen LogP contribution in [-0.4, -0.2) is 30.2 Å². The molecule has 0 radical (unpaired) electrons. The normalized spacial score (nSPS) is 10.2. The molecule has 0 bridgehead atoms. The predicted molar refractivity (Wildman–Crippen MR) is 114 cm³/mol. The molecule has 0 heterocycles. The van der Waals surface area contributed by atoms with Crippen molar-refractivity contribution in [2.24, 2.45) is 0 Å². The number of nitrogens with one attached hydrogen (secondary N) is 2. The summed E-state index contributed by atoms with van der Waals surface area (Å²) in [6, 6.07) is 12.5. The van der Waals surface area contributed by atoms with Crippen LogP contribution >= 0.6 is 0 Å². The van der Waals surface area contributed by atoms with Crippen LogP contribution in [0.5, 0.6) is 0 Å². The number of esters is 1. The molecule has 0 saturated carbocycles. The van der Waals surface area contributed by atoms with Gasteiger partial charge in [-0.25, -0.2) is 0 Å². The Bertz CT molecular complexity index is 935. The fourth-order valence-electron chi connectivity index (χ4n) is 2.85. The van der Waals surface area contributed by atoms with E-state index in [1.54, 1.807) is 6.07 Å². The van der Waals surface area contributed by atoms with Crippen LogP contribution in [0.25, 0.3) is 0 Å². The number of aryl methyl sites for hydroxylation is 2. The highest BCUT2D eigenvalue weighted by Gasteiger charge is 2.16. The van der Waals surface area contributed by atoms with Crippen LogP contribution < -0.4 is 10.6 Å². The van der Waals surface area contributed by atoms with E-state index in [0.717, 1.165) is 12.0 Å². The maximum atomic E-state index is 12.5. The molecule has 7 nitrogen and oxygen atoms in total. The third-order valence-electron chi connectivity index (χ3n) is 4.36. The van der Waals surface area contributed by atoms with Gasteiger partial charge in [0.2, 0.25) is 17.6 Å². The number of amides is 2. The first kappa shape index (κ1) is 22.8. The fraction of sp³-hybridized carbons (Fsp3) is 0.304. The second-order valence-corrected chi connectivity index (χ2v) is 6.88. The van der Waals surface area contributed by atoms with Gasteiger partial charge in [-0.2, -0.15) is 0 Å². The van der Waals surface area contributed by atoms with Crippen LogP contribution in [0.2, 0.25) is 0 Å². The zero-order chi connectivity index (χ0) is 22.1. The van der Waals surface area contributed by atoms with Gasteiger partial charge in [-0.1, -0.05) is 31.2 Å². The van der Waals surface area contributed by atoms with Gasteiger partial charge < -0.3 is 15.4 Å². The molecule has 30 heavy (non-hydrogen) atoms. The van der Waals surface area contributed by atoms with Crippen molar-refractivity contribution in [1.82, 2.24) is 0 Å². The summed E-state index contributed by atoms with van der Waals surface area (Å²) in [6.07, 6.45) is 1.65. The second kappa shape index (κ2) is 10.9. The van der Waals surface area contributed by atoms with E-state index in [9.17, 15) is 19.2 Å². The quantitative estimate of drug-likeness (QED) is 0.486. The van der Waals surface area contributed by atoms with E-state index in [1.165, 1.54) is 31.5 Å². The number of hydrogen-bond donors (Lipinski definition) is 2. The van der Waals surface area contributed by atoms with E-state index in [0.29, 0.717) is 12.1 Å². The zero-order valence-electron chi connectivity index (χ0n) is 17.4. The molecule has 158 valence electrons. The third-order valence-corrected chi connectivity index (χ3v) is 4.36. The molecule has 7 heteroatoms. The largest absolute Gasteiger partial charge is 0.457 e. The van der Waals surface area contributed by atoms with Crippen LogP contribution in [0.15, 0.2) is 42.5 Å². The van der Waals surface area contributed by atoms with Crippen LogP contribution in [0.3, 0.4) is 0 Å². The SMILES string of the molecule is CCc1ccc(CCC(=O)OCC(=O)c2ccc(NC(C)=O)cc2NC(C)=O)cc1. The van der Waals surface area contributed by atoms with Crippen molar-refractivity contribution < 1.29 is 23.9 Å². The Morgan fingerprint density at radius 2 is 1.50 bits per heavy atom. The standard InChI is InChI=1S/C23H26N2O5/c1-4-17-5-7-18(8-6-17)9-12-23(29)30-14-22(28)20-11-10-19(24-15(2)26)13-21(20)25-16(3)27/h5-8,10-11,13H,4,9,12,14H2,1-3H3,(H,24,26)(H,25,27).